The zero-order chi connectivity index (χ0) is 21.7. The number of fused-ring (bicyclic) bond motifs is 4. The van der Waals surface area contributed by atoms with Crippen LogP contribution in [0.4, 0.5) is 15.9 Å². The van der Waals surface area contributed by atoms with Crippen LogP contribution < -0.4 is 10.2 Å². The van der Waals surface area contributed by atoms with E-state index in [1.807, 2.05) is 43.4 Å². The fourth-order valence-electron chi connectivity index (χ4n) is 5.46. The first-order chi connectivity index (χ1) is 14.9. The summed E-state index contributed by atoms with van der Waals surface area (Å²) < 4.78 is 14.7. The number of H-pyrrole nitrogens is 1. The second kappa shape index (κ2) is 7.51. The first kappa shape index (κ1) is 19.8. The lowest BCUT2D eigenvalue weighted by atomic mass is 9.61. The van der Waals surface area contributed by atoms with Gasteiger partial charge < -0.3 is 20.3 Å². The molecule has 3 N–H and O–H groups in total. The van der Waals surface area contributed by atoms with Crippen LogP contribution in [0.2, 0.25) is 0 Å². The van der Waals surface area contributed by atoms with Crippen LogP contribution >= 0.6 is 0 Å². The van der Waals surface area contributed by atoms with Crippen LogP contribution in [0.15, 0.2) is 30.6 Å². The van der Waals surface area contributed by atoms with Crippen LogP contribution in [0.3, 0.4) is 0 Å². The number of carboxylic acids is 1. The number of anilines is 2. The van der Waals surface area contributed by atoms with Crippen LogP contribution in [0, 0.1) is 23.6 Å². The molecule has 7 nitrogen and oxygen atoms in total. The topological polar surface area (TPSA) is 94.1 Å². The maximum atomic E-state index is 14.7. The fourth-order valence-corrected chi connectivity index (χ4v) is 5.46. The van der Waals surface area contributed by atoms with E-state index in [1.54, 1.807) is 0 Å². The molecule has 2 unspecified atom stereocenters. The Balaban J connectivity index is 1.51. The average molecular weight is 423 g/mol. The quantitative estimate of drug-likeness (QED) is 0.571. The molecule has 8 heteroatoms. The largest absolute Gasteiger partial charge is 0.481 e. The summed E-state index contributed by atoms with van der Waals surface area (Å²) in [6.45, 7) is 0. The number of hydrogen-bond acceptors (Lipinski definition) is 5. The zero-order valence-corrected chi connectivity index (χ0v) is 17.6. The van der Waals surface area contributed by atoms with Gasteiger partial charge in [-0.3, -0.25) is 4.79 Å². The number of para-hydroxylation sites is 1. The predicted octanol–water partition coefficient (Wildman–Crippen LogP) is 4.13. The Morgan fingerprint density at radius 2 is 1.97 bits per heavy atom. The van der Waals surface area contributed by atoms with E-state index < -0.39 is 17.7 Å². The molecule has 3 saturated carbocycles. The summed E-state index contributed by atoms with van der Waals surface area (Å²) in [6.07, 6.45) is 6.80. The van der Waals surface area contributed by atoms with E-state index in [9.17, 15) is 14.3 Å². The van der Waals surface area contributed by atoms with Gasteiger partial charge in [0.25, 0.3) is 0 Å². The fraction of sp³-hybridized carbons (Fsp3) is 0.435. The molecule has 31 heavy (non-hydrogen) atoms. The lowest BCUT2D eigenvalue weighted by Crippen LogP contribution is -2.51. The number of benzene rings is 1. The molecule has 2 atom stereocenters. The first-order valence-corrected chi connectivity index (χ1v) is 10.7. The van der Waals surface area contributed by atoms with Crippen molar-refractivity contribution in [3.05, 3.63) is 36.4 Å². The van der Waals surface area contributed by atoms with Crippen LogP contribution in [-0.2, 0) is 4.79 Å². The van der Waals surface area contributed by atoms with Crippen LogP contribution in [0.25, 0.3) is 22.3 Å². The Kier molecular flexibility index (Phi) is 4.79. The number of aromatic nitrogens is 3. The minimum atomic E-state index is -0.811. The second-order valence-corrected chi connectivity index (χ2v) is 8.90. The molecule has 1 aromatic carbocycles. The number of nitrogens with one attached hydrogen (secondary N) is 2. The monoisotopic (exact) mass is 423 g/mol. The number of rotatable bonds is 5. The summed E-state index contributed by atoms with van der Waals surface area (Å²) in [4.78, 5) is 26.0. The van der Waals surface area contributed by atoms with Gasteiger partial charge in [-0.2, -0.15) is 0 Å². The Bertz CT molecular complexity index is 1140. The first-order valence-electron chi connectivity index (χ1n) is 10.7. The summed E-state index contributed by atoms with van der Waals surface area (Å²) in [7, 11) is 3.95. The summed E-state index contributed by atoms with van der Waals surface area (Å²) in [5.74, 6) is -1.05. The zero-order valence-electron chi connectivity index (χ0n) is 17.6. The van der Waals surface area contributed by atoms with E-state index in [4.69, 9.17) is 0 Å². The molecule has 3 fully saturated rings. The summed E-state index contributed by atoms with van der Waals surface area (Å²) in [6, 6.07) is 5.65. The normalized spacial score (nSPS) is 25.0. The van der Waals surface area contributed by atoms with Crippen molar-refractivity contribution in [3.63, 3.8) is 0 Å². The maximum absolute atomic E-state index is 14.7. The highest BCUT2D eigenvalue weighted by Crippen LogP contribution is 2.46. The lowest BCUT2D eigenvalue weighted by molar-refractivity contribution is -0.148. The summed E-state index contributed by atoms with van der Waals surface area (Å²) in [5.41, 5.74) is 2.77. The summed E-state index contributed by atoms with van der Waals surface area (Å²) >= 11 is 0. The molecule has 2 aromatic heterocycles. The van der Waals surface area contributed by atoms with E-state index in [-0.39, 0.29) is 23.7 Å². The molecular formula is C23H26FN5O2. The van der Waals surface area contributed by atoms with Crippen molar-refractivity contribution in [1.82, 2.24) is 15.0 Å². The van der Waals surface area contributed by atoms with Gasteiger partial charge in [0.2, 0.25) is 0 Å². The SMILES string of the molecule is CN(C)c1cccc2c(-c3ncc(F)c(NC4C5CCC(CC5)C4C(=O)O)n3)c[nH]c12. The minimum Gasteiger partial charge on any atom is -0.481 e. The average Bonchev–Trinajstić information content (AvgIpc) is 3.20. The minimum absolute atomic E-state index is 0.0758. The lowest BCUT2D eigenvalue weighted by Gasteiger charge is -2.47. The molecular weight excluding hydrogens is 397 g/mol. The molecule has 0 saturated heterocycles. The van der Waals surface area contributed by atoms with Gasteiger partial charge in [-0.25, -0.2) is 14.4 Å². The Labute approximate surface area is 179 Å². The number of hydrogen-bond donors (Lipinski definition) is 3. The molecule has 2 bridgehead atoms. The van der Waals surface area contributed by atoms with Crippen molar-refractivity contribution in [2.24, 2.45) is 17.8 Å². The number of aromatic amines is 1. The highest BCUT2D eigenvalue weighted by atomic mass is 19.1. The Morgan fingerprint density at radius 3 is 2.68 bits per heavy atom. The molecule has 0 aliphatic heterocycles. The van der Waals surface area contributed by atoms with Gasteiger partial charge in [-0.15, -0.1) is 0 Å². The van der Waals surface area contributed by atoms with E-state index in [0.717, 1.165) is 54.0 Å². The molecule has 0 radical (unpaired) electrons. The van der Waals surface area contributed by atoms with Crippen molar-refractivity contribution >= 4 is 28.4 Å². The van der Waals surface area contributed by atoms with Gasteiger partial charge in [0.05, 0.1) is 23.3 Å². The van der Waals surface area contributed by atoms with Crippen LogP contribution in [0.1, 0.15) is 25.7 Å². The highest BCUT2D eigenvalue weighted by Gasteiger charge is 2.47. The third-order valence-corrected chi connectivity index (χ3v) is 6.97. The second-order valence-electron chi connectivity index (χ2n) is 8.90. The Hall–Kier alpha value is -3.16. The predicted molar refractivity (Wildman–Crippen MR) is 118 cm³/mol. The number of carbonyl (C=O) groups is 1. The van der Waals surface area contributed by atoms with Gasteiger partial charge in [-0.1, -0.05) is 12.1 Å². The van der Waals surface area contributed by atoms with Crippen molar-refractivity contribution in [2.75, 3.05) is 24.3 Å². The Morgan fingerprint density at radius 1 is 1.23 bits per heavy atom. The molecule has 3 aliphatic carbocycles. The molecule has 3 aliphatic rings. The third kappa shape index (κ3) is 3.30. The van der Waals surface area contributed by atoms with E-state index in [0.29, 0.717) is 5.82 Å². The van der Waals surface area contributed by atoms with Crippen molar-refractivity contribution in [2.45, 2.75) is 31.7 Å². The van der Waals surface area contributed by atoms with Crippen molar-refractivity contribution < 1.29 is 14.3 Å². The molecule has 6 rings (SSSR count). The van der Waals surface area contributed by atoms with Crippen molar-refractivity contribution in [1.29, 1.82) is 0 Å². The molecule has 0 amide bonds. The highest BCUT2D eigenvalue weighted by molar-refractivity contribution is 6.00. The molecule has 3 aromatic rings. The van der Waals surface area contributed by atoms with E-state index in [1.165, 1.54) is 0 Å². The van der Waals surface area contributed by atoms with Gasteiger partial charge in [0, 0.05) is 37.3 Å². The van der Waals surface area contributed by atoms with E-state index in [2.05, 4.69) is 20.3 Å². The summed E-state index contributed by atoms with van der Waals surface area (Å²) in [5, 5.41) is 13.9. The number of halogens is 1. The van der Waals surface area contributed by atoms with Gasteiger partial charge in [0.15, 0.2) is 17.5 Å². The van der Waals surface area contributed by atoms with Gasteiger partial charge in [-0.05, 0) is 43.6 Å². The van der Waals surface area contributed by atoms with Gasteiger partial charge in [0.1, 0.15) is 0 Å². The molecule has 2 heterocycles. The van der Waals surface area contributed by atoms with Crippen molar-refractivity contribution in [3.8, 4) is 11.4 Å². The molecule has 162 valence electrons. The maximum Gasteiger partial charge on any atom is 0.308 e. The smallest absolute Gasteiger partial charge is 0.308 e. The number of nitrogens with zero attached hydrogens (tertiary/aromatic N) is 3. The van der Waals surface area contributed by atoms with Crippen LogP contribution in [0.5, 0.6) is 0 Å². The number of aliphatic carboxylic acids is 1. The van der Waals surface area contributed by atoms with E-state index >= 15 is 0 Å². The number of carboxylic acid groups (broad SMARTS) is 1. The van der Waals surface area contributed by atoms with Gasteiger partial charge >= 0.3 is 5.97 Å². The van der Waals surface area contributed by atoms with Crippen LogP contribution in [-0.4, -0.2) is 46.2 Å². The molecule has 0 spiro atoms. The third-order valence-electron chi connectivity index (χ3n) is 6.97. The standard InChI is InChI=1S/C23H26FN5O2/c1-29(2)17-5-3-4-14-15(10-25-20(14)17)21-26-11-16(24)22(28-21)27-19-13-8-6-12(7-9-13)18(19)23(30)31/h3-5,10-13,18-19,25H,6-9H2,1-2H3,(H,30,31)(H,26,27,28).